The molecule has 6 nitrogen and oxygen atoms in total. The van der Waals surface area contributed by atoms with Crippen molar-refractivity contribution in [1.82, 2.24) is 4.57 Å². The molecule has 25 heavy (non-hydrogen) atoms. The number of hydrogen-bond donors (Lipinski definition) is 0. The van der Waals surface area contributed by atoms with Crippen molar-refractivity contribution in [3.05, 3.63) is 46.4 Å². The average molecular weight is 363 g/mol. The summed E-state index contributed by atoms with van der Waals surface area (Å²) in [7, 11) is 0. The van der Waals surface area contributed by atoms with Crippen molar-refractivity contribution in [1.29, 1.82) is 0 Å². The number of nitrogens with zero attached hydrogens (tertiary/aromatic N) is 1. The first kappa shape index (κ1) is 18.9. The van der Waals surface area contributed by atoms with E-state index in [1.807, 2.05) is 11.4 Å². The molecule has 134 valence electrons. The van der Waals surface area contributed by atoms with Gasteiger partial charge < -0.3 is 14.0 Å². The molecule has 2 aromatic heterocycles. The highest BCUT2D eigenvalue weighted by atomic mass is 32.1. The number of carbonyl (C=O) groups is 3. The van der Waals surface area contributed by atoms with Crippen LogP contribution in [0.15, 0.2) is 35.8 Å². The maximum absolute atomic E-state index is 12.5. The van der Waals surface area contributed by atoms with Gasteiger partial charge in [-0.15, -0.1) is 11.3 Å². The van der Waals surface area contributed by atoms with E-state index >= 15 is 0 Å². The van der Waals surface area contributed by atoms with Crippen molar-refractivity contribution in [2.75, 3.05) is 13.2 Å². The van der Waals surface area contributed by atoms with Crippen LogP contribution in [0.4, 0.5) is 0 Å². The minimum atomic E-state index is -0.994. The van der Waals surface area contributed by atoms with Crippen molar-refractivity contribution >= 4 is 29.1 Å². The molecule has 0 N–H and O–H groups in total. The van der Waals surface area contributed by atoms with Crippen LogP contribution in [0.5, 0.6) is 0 Å². The molecule has 0 fully saturated rings. The number of aryl methyl sites for hydroxylation is 1. The predicted octanol–water partition coefficient (Wildman–Crippen LogP) is 2.91. The van der Waals surface area contributed by atoms with Crippen LogP contribution in [0.25, 0.3) is 0 Å². The molecule has 2 heterocycles. The summed E-state index contributed by atoms with van der Waals surface area (Å²) in [6.07, 6.45) is 1.96. The molecule has 0 aromatic carbocycles. The number of aromatic nitrogens is 1. The topological polar surface area (TPSA) is 74.6 Å². The summed E-state index contributed by atoms with van der Waals surface area (Å²) in [5.74, 6) is -2.27. The van der Waals surface area contributed by atoms with Crippen LogP contribution in [-0.4, -0.2) is 35.5 Å². The number of esters is 2. The van der Waals surface area contributed by atoms with Crippen LogP contribution >= 0.6 is 11.3 Å². The molecule has 7 heteroatoms. The Bertz CT molecular complexity index is 702. The summed E-state index contributed by atoms with van der Waals surface area (Å²) in [5, 5.41) is 1.85. The van der Waals surface area contributed by atoms with Gasteiger partial charge in [0, 0.05) is 12.7 Å². The first-order chi connectivity index (χ1) is 12.1. The first-order valence-electron chi connectivity index (χ1n) is 8.15. The fourth-order valence-corrected chi connectivity index (χ4v) is 3.11. The Morgan fingerprint density at radius 2 is 1.76 bits per heavy atom. The third-order valence-corrected chi connectivity index (χ3v) is 4.48. The second kappa shape index (κ2) is 9.17. The largest absolute Gasteiger partial charge is 0.465 e. The number of ketones is 1. The van der Waals surface area contributed by atoms with Gasteiger partial charge in [0.2, 0.25) is 5.78 Å². The van der Waals surface area contributed by atoms with E-state index < -0.39 is 17.9 Å². The smallest absolute Gasteiger partial charge is 0.320 e. The van der Waals surface area contributed by atoms with Gasteiger partial charge in [0.25, 0.3) is 0 Å². The van der Waals surface area contributed by atoms with Crippen molar-refractivity contribution < 1.29 is 23.9 Å². The molecule has 0 unspecified atom stereocenters. The Balaban J connectivity index is 2.10. The molecule has 0 amide bonds. The van der Waals surface area contributed by atoms with E-state index in [4.69, 9.17) is 9.47 Å². The molecule has 0 spiro atoms. The molecule has 0 radical (unpaired) electrons. The second-order valence-corrected chi connectivity index (χ2v) is 6.19. The zero-order chi connectivity index (χ0) is 18.2. The number of hydrogen-bond acceptors (Lipinski definition) is 6. The molecule has 0 aliphatic rings. The van der Waals surface area contributed by atoms with Gasteiger partial charge in [0.15, 0.2) is 5.92 Å². The SMILES string of the molecule is CCOC(=O)C(CCn1cccc1C(=O)c1cccs1)C(=O)OCC. The Labute approximate surface area is 150 Å². The van der Waals surface area contributed by atoms with E-state index in [2.05, 4.69) is 0 Å². The van der Waals surface area contributed by atoms with E-state index in [9.17, 15) is 14.4 Å². The van der Waals surface area contributed by atoms with Gasteiger partial charge in [-0.3, -0.25) is 14.4 Å². The highest BCUT2D eigenvalue weighted by Gasteiger charge is 2.29. The minimum Gasteiger partial charge on any atom is -0.465 e. The lowest BCUT2D eigenvalue weighted by atomic mass is 10.1. The van der Waals surface area contributed by atoms with Crippen LogP contribution in [0.3, 0.4) is 0 Å². The van der Waals surface area contributed by atoms with Crippen LogP contribution < -0.4 is 0 Å². The Morgan fingerprint density at radius 1 is 1.08 bits per heavy atom. The van der Waals surface area contributed by atoms with Gasteiger partial charge in [-0.05, 0) is 43.8 Å². The number of carbonyl (C=O) groups excluding carboxylic acids is 3. The summed E-state index contributed by atoms with van der Waals surface area (Å²) >= 11 is 1.37. The number of rotatable bonds is 9. The quantitative estimate of drug-likeness (QED) is 0.389. The summed E-state index contributed by atoms with van der Waals surface area (Å²) in [4.78, 5) is 37.2. The van der Waals surface area contributed by atoms with Crippen LogP contribution in [0.1, 0.15) is 35.6 Å². The Hall–Kier alpha value is -2.41. The van der Waals surface area contributed by atoms with Gasteiger partial charge in [-0.1, -0.05) is 6.07 Å². The zero-order valence-corrected chi connectivity index (χ0v) is 15.1. The van der Waals surface area contributed by atoms with E-state index in [1.54, 1.807) is 42.8 Å². The fraction of sp³-hybridized carbons (Fsp3) is 0.389. The highest BCUT2D eigenvalue weighted by Crippen LogP contribution is 2.18. The normalized spacial score (nSPS) is 10.7. The van der Waals surface area contributed by atoms with Gasteiger partial charge in [-0.2, -0.15) is 0 Å². The molecular weight excluding hydrogens is 342 g/mol. The maximum atomic E-state index is 12.5. The van der Waals surface area contributed by atoms with Crippen LogP contribution in [-0.2, 0) is 25.6 Å². The van der Waals surface area contributed by atoms with Crippen molar-refractivity contribution in [3.8, 4) is 0 Å². The molecule has 0 atom stereocenters. The van der Waals surface area contributed by atoms with E-state index in [1.165, 1.54) is 11.3 Å². The number of thiophene rings is 1. The third-order valence-electron chi connectivity index (χ3n) is 3.61. The van der Waals surface area contributed by atoms with E-state index in [0.29, 0.717) is 17.1 Å². The van der Waals surface area contributed by atoms with Crippen molar-refractivity contribution in [3.63, 3.8) is 0 Å². The lowest BCUT2D eigenvalue weighted by molar-refractivity contribution is -0.162. The Kier molecular flexibility index (Phi) is 6.94. The van der Waals surface area contributed by atoms with Crippen LogP contribution in [0, 0.1) is 5.92 Å². The maximum Gasteiger partial charge on any atom is 0.320 e. The molecule has 0 bridgehead atoms. The number of ether oxygens (including phenoxy) is 2. The van der Waals surface area contributed by atoms with E-state index in [-0.39, 0.29) is 25.4 Å². The average Bonchev–Trinajstić information content (AvgIpc) is 3.27. The van der Waals surface area contributed by atoms with Gasteiger partial charge >= 0.3 is 11.9 Å². The lowest BCUT2D eigenvalue weighted by Crippen LogP contribution is -2.29. The second-order valence-electron chi connectivity index (χ2n) is 5.24. The lowest BCUT2D eigenvalue weighted by Gasteiger charge is -2.15. The molecule has 0 saturated carbocycles. The van der Waals surface area contributed by atoms with E-state index in [0.717, 1.165) is 0 Å². The Morgan fingerprint density at radius 3 is 2.32 bits per heavy atom. The molecule has 0 aliphatic heterocycles. The first-order valence-corrected chi connectivity index (χ1v) is 9.03. The van der Waals surface area contributed by atoms with Gasteiger partial charge in [0.05, 0.1) is 23.8 Å². The highest BCUT2D eigenvalue weighted by molar-refractivity contribution is 7.12. The molecule has 0 saturated heterocycles. The van der Waals surface area contributed by atoms with Crippen molar-refractivity contribution in [2.24, 2.45) is 5.92 Å². The molecule has 0 aliphatic carbocycles. The summed E-state index contributed by atoms with van der Waals surface area (Å²) in [6.45, 7) is 4.09. The minimum absolute atomic E-state index is 0.0798. The van der Waals surface area contributed by atoms with Crippen LogP contribution in [0.2, 0.25) is 0 Å². The standard InChI is InChI=1S/C18H21NO5S/c1-3-23-17(21)13(18(22)24-4-2)9-11-19-10-5-7-14(19)16(20)15-8-6-12-25-15/h5-8,10,12-13H,3-4,9,11H2,1-2H3. The summed E-state index contributed by atoms with van der Waals surface area (Å²) in [5.41, 5.74) is 0.522. The third kappa shape index (κ3) is 4.79. The monoisotopic (exact) mass is 363 g/mol. The van der Waals surface area contributed by atoms with Crippen molar-refractivity contribution in [2.45, 2.75) is 26.8 Å². The molecule has 2 aromatic rings. The predicted molar refractivity (Wildman–Crippen MR) is 93.6 cm³/mol. The zero-order valence-electron chi connectivity index (χ0n) is 14.3. The summed E-state index contributed by atoms with van der Waals surface area (Å²) < 4.78 is 11.7. The fourth-order valence-electron chi connectivity index (χ4n) is 2.44. The molecular formula is C18H21NO5S. The molecule has 2 rings (SSSR count). The van der Waals surface area contributed by atoms with Gasteiger partial charge in [-0.25, -0.2) is 0 Å². The summed E-state index contributed by atoms with van der Waals surface area (Å²) in [6, 6.07) is 7.09. The van der Waals surface area contributed by atoms with Gasteiger partial charge in [0.1, 0.15) is 0 Å².